The lowest BCUT2D eigenvalue weighted by atomic mass is 10.0. The van der Waals surface area contributed by atoms with E-state index < -0.39 is 27.9 Å². The molecule has 12 heteroatoms. The van der Waals surface area contributed by atoms with Gasteiger partial charge in [0.25, 0.3) is 11.8 Å². The number of hydrogen-bond acceptors (Lipinski definition) is 7. The number of imide groups is 1. The van der Waals surface area contributed by atoms with Crippen LogP contribution in [0.4, 0.5) is 9.80 Å². The fourth-order valence-electron chi connectivity index (χ4n) is 3.73. The summed E-state index contributed by atoms with van der Waals surface area (Å²) in [5.74, 6) is -1.04. The number of carbonyl (C=O) groups is 3. The number of carbonyl (C=O) groups excluding carboxylic acids is 3. The summed E-state index contributed by atoms with van der Waals surface area (Å²) < 4.78 is 25.7. The summed E-state index contributed by atoms with van der Waals surface area (Å²) in [5, 5.41) is 5.55. The first-order chi connectivity index (χ1) is 16.4. The number of nitrogens with zero attached hydrogens (tertiary/aromatic N) is 3. The number of anilines is 1. The van der Waals surface area contributed by atoms with Gasteiger partial charge in [0.15, 0.2) is 0 Å². The van der Waals surface area contributed by atoms with Gasteiger partial charge in [-0.05, 0) is 49.2 Å². The van der Waals surface area contributed by atoms with E-state index in [1.807, 2.05) is 0 Å². The standard InChI is InChI=1S/C23H31N5O5S2/c1-6-12-28-13-11-17-18(14-28)34-22(19(17)21(30)25-23(31)26(2)3)24-20(29)15-7-9-16(10-8-15)35(32,33)27(4)5/h7-10H,6,11-14H2,1-5H3,(H,24,29)(H,25,30,31). The Bertz CT molecular complexity index is 1220. The lowest BCUT2D eigenvalue weighted by Gasteiger charge is -2.26. The Morgan fingerprint density at radius 3 is 2.29 bits per heavy atom. The molecule has 0 radical (unpaired) electrons. The van der Waals surface area contributed by atoms with Gasteiger partial charge in [0.2, 0.25) is 10.0 Å². The molecule has 0 spiro atoms. The highest BCUT2D eigenvalue weighted by Gasteiger charge is 2.30. The molecule has 0 fully saturated rings. The molecule has 1 aromatic carbocycles. The Morgan fingerprint density at radius 1 is 1.06 bits per heavy atom. The zero-order valence-corrected chi connectivity index (χ0v) is 22.2. The second-order valence-corrected chi connectivity index (χ2v) is 11.9. The molecule has 0 saturated carbocycles. The lowest BCUT2D eigenvalue weighted by Crippen LogP contribution is -2.39. The van der Waals surface area contributed by atoms with Crippen molar-refractivity contribution in [1.29, 1.82) is 0 Å². The number of hydrogen-bond donors (Lipinski definition) is 2. The van der Waals surface area contributed by atoms with Gasteiger partial charge < -0.3 is 10.2 Å². The topological polar surface area (TPSA) is 119 Å². The number of sulfonamides is 1. The number of amides is 4. The number of fused-ring (bicyclic) bond motifs is 1. The Morgan fingerprint density at radius 2 is 1.71 bits per heavy atom. The van der Waals surface area contributed by atoms with Crippen LogP contribution < -0.4 is 10.6 Å². The van der Waals surface area contributed by atoms with E-state index >= 15 is 0 Å². The van der Waals surface area contributed by atoms with E-state index in [2.05, 4.69) is 22.5 Å². The average Bonchev–Trinajstić information content (AvgIpc) is 3.16. The van der Waals surface area contributed by atoms with Gasteiger partial charge in [-0.1, -0.05) is 6.92 Å². The van der Waals surface area contributed by atoms with Crippen LogP contribution in [0.15, 0.2) is 29.2 Å². The Hall–Kier alpha value is -2.80. The number of nitrogens with one attached hydrogen (secondary N) is 2. The van der Waals surface area contributed by atoms with Gasteiger partial charge in [-0.2, -0.15) is 0 Å². The zero-order valence-electron chi connectivity index (χ0n) is 20.5. The molecular weight excluding hydrogens is 490 g/mol. The Balaban J connectivity index is 1.91. The van der Waals surface area contributed by atoms with Crippen LogP contribution in [0.25, 0.3) is 0 Å². The summed E-state index contributed by atoms with van der Waals surface area (Å²) >= 11 is 1.33. The molecule has 0 aliphatic carbocycles. The van der Waals surface area contributed by atoms with Gasteiger partial charge in [-0.15, -0.1) is 11.3 Å². The van der Waals surface area contributed by atoms with Gasteiger partial charge in [0.1, 0.15) is 5.00 Å². The molecule has 0 bridgehead atoms. The van der Waals surface area contributed by atoms with Crippen LogP contribution in [0.1, 0.15) is 44.5 Å². The molecule has 0 saturated heterocycles. The van der Waals surface area contributed by atoms with Gasteiger partial charge in [0.05, 0.1) is 10.5 Å². The van der Waals surface area contributed by atoms with Crippen LogP contribution >= 0.6 is 11.3 Å². The monoisotopic (exact) mass is 521 g/mol. The third-order valence-corrected chi connectivity index (χ3v) is 8.61. The van der Waals surface area contributed by atoms with Crippen molar-refractivity contribution < 1.29 is 22.8 Å². The zero-order chi connectivity index (χ0) is 25.9. The molecule has 2 aromatic rings. The number of urea groups is 1. The van der Waals surface area contributed by atoms with Crippen molar-refractivity contribution in [3.63, 3.8) is 0 Å². The van der Waals surface area contributed by atoms with Crippen LogP contribution in [-0.2, 0) is 23.0 Å². The molecule has 0 unspecified atom stereocenters. The first-order valence-electron chi connectivity index (χ1n) is 11.2. The van der Waals surface area contributed by atoms with Gasteiger partial charge in [-0.3, -0.25) is 19.8 Å². The van der Waals surface area contributed by atoms with E-state index in [9.17, 15) is 22.8 Å². The summed E-state index contributed by atoms with van der Waals surface area (Å²) in [4.78, 5) is 42.8. The third-order valence-electron chi connectivity index (χ3n) is 5.65. The molecule has 0 atom stereocenters. The van der Waals surface area contributed by atoms with E-state index in [0.717, 1.165) is 34.3 Å². The summed E-state index contributed by atoms with van der Waals surface area (Å²) in [7, 11) is 2.33. The normalized spacial score (nSPS) is 13.9. The predicted octanol–water partition coefficient (Wildman–Crippen LogP) is 2.43. The van der Waals surface area contributed by atoms with Crippen molar-refractivity contribution >= 4 is 44.2 Å². The van der Waals surface area contributed by atoms with Gasteiger partial charge >= 0.3 is 6.03 Å². The van der Waals surface area contributed by atoms with E-state index in [1.54, 1.807) is 0 Å². The molecule has 10 nitrogen and oxygen atoms in total. The van der Waals surface area contributed by atoms with E-state index in [-0.39, 0.29) is 10.5 Å². The minimum atomic E-state index is -3.62. The minimum absolute atomic E-state index is 0.0731. The van der Waals surface area contributed by atoms with Crippen molar-refractivity contribution in [1.82, 2.24) is 19.4 Å². The fraction of sp³-hybridized carbons (Fsp3) is 0.435. The highest BCUT2D eigenvalue weighted by Crippen LogP contribution is 2.37. The van der Waals surface area contributed by atoms with Crippen molar-refractivity contribution in [2.45, 2.75) is 31.2 Å². The molecule has 190 valence electrons. The molecule has 2 heterocycles. The van der Waals surface area contributed by atoms with Crippen molar-refractivity contribution in [3.05, 3.63) is 45.8 Å². The number of benzene rings is 1. The summed E-state index contributed by atoms with van der Waals surface area (Å²) in [5.41, 5.74) is 1.39. The van der Waals surface area contributed by atoms with Gasteiger partial charge in [0, 0.05) is 51.7 Å². The van der Waals surface area contributed by atoms with Crippen LogP contribution in [0.3, 0.4) is 0 Å². The van der Waals surface area contributed by atoms with Gasteiger partial charge in [-0.25, -0.2) is 17.5 Å². The third kappa shape index (κ3) is 5.89. The van der Waals surface area contributed by atoms with Crippen LogP contribution in [-0.4, -0.2) is 81.6 Å². The molecule has 1 aliphatic heterocycles. The van der Waals surface area contributed by atoms with E-state index in [1.165, 1.54) is 68.7 Å². The van der Waals surface area contributed by atoms with E-state index in [4.69, 9.17) is 0 Å². The van der Waals surface area contributed by atoms with Crippen molar-refractivity contribution in [2.75, 3.05) is 46.6 Å². The fourth-order valence-corrected chi connectivity index (χ4v) is 5.91. The summed E-state index contributed by atoms with van der Waals surface area (Å²) in [6, 6.07) is 5.05. The molecule has 3 rings (SSSR count). The maximum Gasteiger partial charge on any atom is 0.323 e. The smallest absolute Gasteiger partial charge is 0.323 e. The predicted molar refractivity (Wildman–Crippen MR) is 135 cm³/mol. The Kier molecular flexibility index (Phi) is 8.31. The van der Waals surface area contributed by atoms with Crippen molar-refractivity contribution in [2.24, 2.45) is 0 Å². The van der Waals surface area contributed by atoms with E-state index in [0.29, 0.717) is 23.5 Å². The molecular formula is C23H31N5O5S2. The summed E-state index contributed by atoms with van der Waals surface area (Å²) in [6.07, 6.45) is 1.65. The second kappa shape index (κ2) is 10.9. The summed E-state index contributed by atoms with van der Waals surface area (Å²) in [6.45, 7) is 4.50. The largest absolute Gasteiger partial charge is 0.331 e. The van der Waals surface area contributed by atoms with Crippen LogP contribution in [0, 0.1) is 0 Å². The van der Waals surface area contributed by atoms with Crippen LogP contribution in [0.2, 0.25) is 0 Å². The average molecular weight is 522 g/mol. The quantitative estimate of drug-likeness (QED) is 0.578. The molecule has 2 N–H and O–H groups in total. The minimum Gasteiger partial charge on any atom is -0.331 e. The SMILES string of the molecule is CCCN1CCc2c(sc(NC(=O)c3ccc(S(=O)(=O)N(C)C)cc3)c2C(=O)NC(=O)N(C)C)C1. The Labute approximate surface area is 209 Å². The first-order valence-corrected chi connectivity index (χ1v) is 13.4. The number of rotatable bonds is 7. The lowest BCUT2D eigenvalue weighted by molar-refractivity contribution is 0.0956. The maximum absolute atomic E-state index is 13.1. The molecule has 1 aromatic heterocycles. The highest BCUT2D eigenvalue weighted by molar-refractivity contribution is 7.89. The van der Waals surface area contributed by atoms with Crippen LogP contribution in [0.5, 0.6) is 0 Å². The first kappa shape index (κ1) is 26.8. The molecule has 4 amide bonds. The molecule has 1 aliphatic rings. The molecule has 35 heavy (non-hydrogen) atoms. The highest BCUT2D eigenvalue weighted by atomic mass is 32.2. The van der Waals surface area contributed by atoms with Crippen molar-refractivity contribution in [3.8, 4) is 0 Å². The number of thiophene rings is 1. The maximum atomic E-state index is 13.1. The second-order valence-electron chi connectivity index (χ2n) is 8.65.